The Kier molecular flexibility index (Phi) is 2.68. The first-order chi connectivity index (χ1) is 8.74. The molecule has 0 fully saturated rings. The van der Waals surface area contributed by atoms with Gasteiger partial charge in [0.05, 0.1) is 5.92 Å². The molecule has 2 aromatic rings. The van der Waals surface area contributed by atoms with Gasteiger partial charge in [-0.1, -0.05) is 17.3 Å². The molecule has 5 heteroatoms. The fourth-order valence-corrected chi connectivity index (χ4v) is 2.10. The molecule has 0 spiro atoms. The van der Waals surface area contributed by atoms with Crippen LogP contribution in [0.5, 0.6) is 0 Å². The van der Waals surface area contributed by atoms with E-state index in [1.54, 1.807) is 12.4 Å². The van der Waals surface area contributed by atoms with Gasteiger partial charge in [0.2, 0.25) is 11.7 Å². The van der Waals surface area contributed by atoms with Gasteiger partial charge in [0, 0.05) is 24.0 Å². The summed E-state index contributed by atoms with van der Waals surface area (Å²) in [7, 11) is 0. The minimum absolute atomic E-state index is 0.0884. The van der Waals surface area contributed by atoms with Gasteiger partial charge in [-0.15, -0.1) is 0 Å². The van der Waals surface area contributed by atoms with Crippen molar-refractivity contribution in [1.29, 1.82) is 0 Å². The summed E-state index contributed by atoms with van der Waals surface area (Å²) in [6, 6.07) is 2.02. The lowest BCUT2D eigenvalue weighted by molar-refractivity contribution is 0.365. The Morgan fingerprint density at radius 2 is 2.28 bits per heavy atom. The highest BCUT2D eigenvalue weighted by Crippen LogP contribution is 2.28. The van der Waals surface area contributed by atoms with Crippen LogP contribution in [0.25, 0.3) is 11.4 Å². The average Bonchev–Trinajstić information content (AvgIpc) is 2.98. The molecule has 0 amide bonds. The maximum atomic E-state index is 5.82. The van der Waals surface area contributed by atoms with Crippen molar-refractivity contribution < 1.29 is 4.52 Å². The van der Waals surface area contributed by atoms with Gasteiger partial charge in [-0.25, -0.2) is 0 Å². The van der Waals surface area contributed by atoms with E-state index in [1.165, 1.54) is 0 Å². The average molecular weight is 242 g/mol. The number of hydrogen-bond donors (Lipinski definition) is 1. The van der Waals surface area contributed by atoms with E-state index in [1.807, 2.05) is 25.1 Å². The van der Waals surface area contributed by atoms with Crippen molar-refractivity contribution >= 4 is 0 Å². The highest BCUT2D eigenvalue weighted by molar-refractivity contribution is 5.57. The second-order valence-electron chi connectivity index (χ2n) is 4.54. The second kappa shape index (κ2) is 4.34. The fourth-order valence-electron chi connectivity index (χ4n) is 2.10. The highest BCUT2D eigenvalue weighted by atomic mass is 16.5. The van der Waals surface area contributed by atoms with Crippen molar-refractivity contribution in [3.8, 4) is 11.4 Å². The van der Waals surface area contributed by atoms with E-state index in [0.29, 0.717) is 11.7 Å². The van der Waals surface area contributed by atoms with E-state index < -0.39 is 0 Å². The minimum Gasteiger partial charge on any atom is -0.338 e. The molecule has 3 rings (SSSR count). The summed E-state index contributed by atoms with van der Waals surface area (Å²) in [6.45, 7) is 2.00. The van der Waals surface area contributed by atoms with Gasteiger partial charge in [0.15, 0.2) is 0 Å². The third-order valence-corrected chi connectivity index (χ3v) is 3.16. The van der Waals surface area contributed by atoms with Crippen LogP contribution >= 0.6 is 0 Å². The van der Waals surface area contributed by atoms with Gasteiger partial charge in [0.1, 0.15) is 0 Å². The van der Waals surface area contributed by atoms with Crippen molar-refractivity contribution in [3.63, 3.8) is 0 Å². The van der Waals surface area contributed by atoms with E-state index in [2.05, 4.69) is 15.1 Å². The zero-order valence-corrected chi connectivity index (χ0v) is 10.1. The lowest BCUT2D eigenvalue weighted by atomic mass is 10.1. The molecule has 0 aliphatic heterocycles. The summed E-state index contributed by atoms with van der Waals surface area (Å²) in [5.74, 6) is 1.35. The van der Waals surface area contributed by atoms with Crippen LogP contribution in [0, 0.1) is 6.92 Å². The van der Waals surface area contributed by atoms with Crippen molar-refractivity contribution in [1.82, 2.24) is 15.1 Å². The predicted octanol–water partition coefficient (Wildman–Crippen LogP) is 1.81. The minimum atomic E-state index is 0.0884. The molecule has 0 aromatic carbocycles. The van der Waals surface area contributed by atoms with Gasteiger partial charge in [-0.05, 0) is 25.0 Å². The Morgan fingerprint density at radius 1 is 1.39 bits per heavy atom. The molecule has 0 radical (unpaired) electrons. The molecule has 2 N–H and O–H groups in total. The van der Waals surface area contributed by atoms with Crippen LogP contribution in [0.1, 0.15) is 23.8 Å². The van der Waals surface area contributed by atoms with Crippen molar-refractivity contribution in [3.05, 3.63) is 42.1 Å². The molecule has 1 aliphatic rings. The SMILES string of the molecule is Cc1ccncc1-c1noc(C2C=CC(N)C2)n1. The number of aryl methyl sites for hydroxylation is 1. The third kappa shape index (κ3) is 1.93. The number of allylic oxidation sites excluding steroid dienone is 1. The van der Waals surface area contributed by atoms with Crippen LogP contribution in [0.15, 0.2) is 35.1 Å². The number of hydrogen-bond acceptors (Lipinski definition) is 5. The molecule has 0 saturated carbocycles. The largest absolute Gasteiger partial charge is 0.338 e. The second-order valence-corrected chi connectivity index (χ2v) is 4.54. The summed E-state index contributed by atoms with van der Waals surface area (Å²) in [4.78, 5) is 8.52. The number of nitrogens with two attached hydrogens (primary N) is 1. The molecule has 2 heterocycles. The zero-order valence-electron chi connectivity index (χ0n) is 10.1. The number of nitrogens with zero attached hydrogens (tertiary/aromatic N) is 3. The van der Waals surface area contributed by atoms with E-state index in [4.69, 9.17) is 10.3 Å². The smallest absolute Gasteiger partial charge is 0.233 e. The molecule has 2 unspecified atom stereocenters. The summed E-state index contributed by atoms with van der Waals surface area (Å²) < 4.78 is 5.31. The fraction of sp³-hybridized carbons (Fsp3) is 0.308. The van der Waals surface area contributed by atoms with Crippen molar-refractivity contribution in [2.75, 3.05) is 0 Å². The molecule has 2 aromatic heterocycles. The first-order valence-corrected chi connectivity index (χ1v) is 5.92. The molecule has 5 nitrogen and oxygen atoms in total. The molecule has 18 heavy (non-hydrogen) atoms. The van der Waals surface area contributed by atoms with Gasteiger partial charge < -0.3 is 10.3 Å². The molecular formula is C13H14N4O. The summed E-state index contributed by atoms with van der Waals surface area (Å²) in [6.07, 6.45) is 8.33. The molecule has 0 bridgehead atoms. The summed E-state index contributed by atoms with van der Waals surface area (Å²) >= 11 is 0. The Hall–Kier alpha value is -2.01. The Balaban J connectivity index is 1.91. The monoisotopic (exact) mass is 242 g/mol. The number of rotatable bonds is 2. The molecule has 1 aliphatic carbocycles. The van der Waals surface area contributed by atoms with Gasteiger partial charge >= 0.3 is 0 Å². The number of aromatic nitrogens is 3. The lowest BCUT2D eigenvalue weighted by Gasteiger charge is -2.02. The molecule has 92 valence electrons. The Morgan fingerprint density at radius 3 is 3.00 bits per heavy atom. The van der Waals surface area contributed by atoms with E-state index in [9.17, 15) is 0 Å². The predicted molar refractivity (Wildman–Crippen MR) is 66.7 cm³/mol. The van der Waals surface area contributed by atoms with E-state index in [0.717, 1.165) is 17.5 Å². The highest BCUT2D eigenvalue weighted by Gasteiger charge is 2.23. The first-order valence-electron chi connectivity index (χ1n) is 5.92. The maximum absolute atomic E-state index is 5.82. The molecule has 0 saturated heterocycles. The van der Waals surface area contributed by atoms with Gasteiger partial charge in [-0.2, -0.15) is 4.98 Å². The molecule has 2 atom stereocenters. The van der Waals surface area contributed by atoms with Gasteiger partial charge in [-0.3, -0.25) is 4.98 Å². The standard InChI is InChI=1S/C13H14N4O/c1-8-4-5-15-7-11(8)12-16-13(18-17-12)9-2-3-10(14)6-9/h2-5,7,9-10H,6,14H2,1H3. The third-order valence-electron chi connectivity index (χ3n) is 3.16. The lowest BCUT2D eigenvalue weighted by Crippen LogP contribution is -2.14. The quantitative estimate of drug-likeness (QED) is 0.812. The van der Waals surface area contributed by atoms with Crippen LogP contribution in [-0.2, 0) is 0 Å². The normalized spacial score (nSPS) is 22.6. The van der Waals surface area contributed by atoms with Crippen LogP contribution in [0.3, 0.4) is 0 Å². The van der Waals surface area contributed by atoms with E-state index in [-0.39, 0.29) is 12.0 Å². The summed E-state index contributed by atoms with van der Waals surface area (Å²) in [5.41, 5.74) is 7.80. The van der Waals surface area contributed by atoms with Crippen LogP contribution in [-0.4, -0.2) is 21.2 Å². The van der Waals surface area contributed by atoms with Crippen LogP contribution < -0.4 is 5.73 Å². The van der Waals surface area contributed by atoms with E-state index >= 15 is 0 Å². The van der Waals surface area contributed by atoms with Crippen molar-refractivity contribution in [2.45, 2.75) is 25.3 Å². The topological polar surface area (TPSA) is 77.8 Å². The van der Waals surface area contributed by atoms with Gasteiger partial charge in [0.25, 0.3) is 0 Å². The Bertz CT molecular complexity index is 590. The Labute approximate surface area is 105 Å². The van der Waals surface area contributed by atoms with Crippen molar-refractivity contribution in [2.24, 2.45) is 5.73 Å². The summed E-state index contributed by atoms with van der Waals surface area (Å²) in [5, 5.41) is 4.02. The first kappa shape index (κ1) is 11.1. The van der Waals surface area contributed by atoms with Crippen LogP contribution in [0.4, 0.5) is 0 Å². The maximum Gasteiger partial charge on any atom is 0.233 e. The van der Waals surface area contributed by atoms with Crippen LogP contribution in [0.2, 0.25) is 0 Å². The zero-order chi connectivity index (χ0) is 12.5. The number of pyridine rings is 1. The molecular weight excluding hydrogens is 228 g/mol.